The first kappa shape index (κ1) is 14.8. The minimum absolute atomic E-state index is 0.0103. The van der Waals surface area contributed by atoms with Crippen molar-refractivity contribution in [3.05, 3.63) is 29.6 Å². The van der Waals surface area contributed by atoms with E-state index < -0.39 is 5.82 Å². The zero-order valence-electron chi connectivity index (χ0n) is 10.9. The van der Waals surface area contributed by atoms with Crippen molar-refractivity contribution < 1.29 is 14.0 Å². The van der Waals surface area contributed by atoms with E-state index in [1.807, 2.05) is 0 Å². The van der Waals surface area contributed by atoms with Crippen LogP contribution in [-0.4, -0.2) is 34.9 Å². The Morgan fingerprint density at radius 2 is 2.30 bits per heavy atom. The molecule has 7 heteroatoms. The fourth-order valence-electron chi connectivity index (χ4n) is 1.88. The average molecular weight is 297 g/mol. The molecule has 1 fully saturated rings. The second kappa shape index (κ2) is 6.71. The highest BCUT2D eigenvalue weighted by atomic mass is 32.2. The van der Waals surface area contributed by atoms with Gasteiger partial charge in [-0.25, -0.2) is 4.39 Å². The molecule has 0 atom stereocenters. The van der Waals surface area contributed by atoms with Gasteiger partial charge in [0.15, 0.2) is 0 Å². The molecule has 1 saturated heterocycles. The highest BCUT2D eigenvalue weighted by Gasteiger charge is 2.21. The number of amides is 2. The molecule has 1 aromatic rings. The van der Waals surface area contributed by atoms with Crippen molar-refractivity contribution in [3.8, 4) is 0 Å². The predicted octanol–water partition coefficient (Wildman–Crippen LogP) is 1.78. The van der Waals surface area contributed by atoms with Crippen LogP contribution in [0.5, 0.6) is 0 Å². The zero-order chi connectivity index (χ0) is 14.5. The van der Waals surface area contributed by atoms with E-state index in [0.717, 1.165) is 5.75 Å². The molecule has 1 aliphatic rings. The van der Waals surface area contributed by atoms with Crippen LogP contribution in [0.15, 0.2) is 18.2 Å². The van der Waals surface area contributed by atoms with Crippen LogP contribution >= 0.6 is 11.8 Å². The predicted molar refractivity (Wildman–Crippen MR) is 77.0 cm³/mol. The number of benzene rings is 1. The third kappa shape index (κ3) is 3.71. The topological polar surface area (TPSA) is 75.4 Å². The lowest BCUT2D eigenvalue weighted by atomic mass is 10.2. The molecule has 20 heavy (non-hydrogen) atoms. The smallest absolute Gasteiger partial charge is 0.281 e. The van der Waals surface area contributed by atoms with Gasteiger partial charge in [-0.1, -0.05) is 17.8 Å². The number of thioether (sulfide) groups is 1. The van der Waals surface area contributed by atoms with Gasteiger partial charge in [0, 0.05) is 43.1 Å². The fraction of sp³-hybridized carbons (Fsp3) is 0.385. The number of hydrogen-bond acceptors (Lipinski definition) is 4. The summed E-state index contributed by atoms with van der Waals surface area (Å²) in [4.78, 5) is 24.7. The lowest BCUT2D eigenvalue weighted by Gasteiger charge is -2.14. The van der Waals surface area contributed by atoms with E-state index >= 15 is 0 Å². The Balaban J connectivity index is 1.85. The van der Waals surface area contributed by atoms with Crippen molar-refractivity contribution in [2.24, 2.45) is 5.73 Å². The summed E-state index contributed by atoms with van der Waals surface area (Å²) in [6, 6.07) is 4.41. The van der Waals surface area contributed by atoms with Crippen LogP contribution in [0.4, 0.5) is 14.9 Å². The van der Waals surface area contributed by atoms with E-state index in [9.17, 15) is 14.0 Å². The van der Waals surface area contributed by atoms with Gasteiger partial charge in [0.05, 0.1) is 0 Å². The molecule has 0 bridgehead atoms. The molecule has 0 spiro atoms. The second-order valence-corrected chi connectivity index (χ2v) is 5.46. The van der Waals surface area contributed by atoms with E-state index in [4.69, 9.17) is 5.73 Å². The maximum absolute atomic E-state index is 13.5. The molecule has 0 aliphatic carbocycles. The number of rotatable bonds is 5. The molecular weight excluding hydrogens is 281 g/mol. The summed E-state index contributed by atoms with van der Waals surface area (Å²) in [7, 11) is 0. The van der Waals surface area contributed by atoms with Gasteiger partial charge >= 0.3 is 0 Å². The van der Waals surface area contributed by atoms with Crippen molar-refractivity contribution in [1.29, 1.82) is 0 Å². The number of hydrogen-bond donors (Lipinski definition) is 2. The summed E-state index contributed by atoms with van der Waals surface area (Å²) in [5.74, 6) is 0.0951. The van der Waals surface area contributed by atoms with Crippen molar-refractivity contribution in [3.63, 3.8) is 0 Å². The minimum Gasteiger partial charge on any atom is -0.332 e. The Bertz CT molecular complexity index is 524. The maximum Gasteiger partial charge on any atom is 0.281 e. The van der Waals surface area contributed by atoms with Crippen LogP contribution in [0.2, 0.25) is 0 Å². The van der Waals surface area contributed by atoms with Gasteiger partial charge < -0.3 is 16.0 Å². The van der Waals surface area contributed by atoms with Gasteiger partial charge in [0.1, 0.15) is 5.82 Å². The fourth-order valence-corrected chi connectivity index (χ4v) is 2.73. The molecule has 108 valence electrons. The summed E-state index contributed by atoms with van der Waals surface area (Å²) in [6.45, 7) is 1.19. The number of carbonyl (C=O) groups is 2. The molecule has 0 aromatic heterocycles. The van der Waals surface area contributed by atoms with Crippen molar-refractivity contribution in [2.75, 3.05) is 24.2 Å². The number of nitrogens with one attached hydrogen (secondary N) is 1. The zero-order valence-corrected chi connectivity index (χ0v) is 11.7. The lowest BCUT2D eigenvalue weighted by Crippen LogP contribution is -2.27. The molecule has 2 rings (SSSR count). The number of nitrogens with zero attached hydrogens (tertiary/aromatic N) is 1. The quantitative estimate of drug-likeness (QED) is 0.868. The first-order valence-electron chi connectivity index (χ1n) is 6.30. The van der Waals surface area contributed by atoms with Gasteiger partial charge in [0.25, 0.3) is 5.24 Å². The Morgan fingerprint density at radius 1 is 1.50 bits per heavy atom. The average Bonchev–Trinajstić information content (AvgIpc) is 2.82. The number of carbonyl (C=O) groups excluding carboxylic acids is 2. The van der Waals surface area contributed by atoms with Gasteiger partial charge in [-0.3, -0.25) is 9.59 Å². The van der Waals surface area contributed by atoms with Crippen LogP contribution in [0.1, 0.15) is 12.0 Å². The minimum atomic E-state index is -0.434. The Labute approximate surface area is 120 Å². The Hall–Kier alpha value is -1.60. The first-order chi connectivity index (χ1) is 9.60. The van der Waals surface area contributed by atoms with Crippen LogP contribution < -0.4 is 11.1 Å². The summed E-state index contributed by atoms with van der Waals surface area (Å²) in [6.07, 6.45) is 0.201. The molecule has 1 aliphatic heterocycles. The first-order valence-corrected chi connectivity index (χ1v) is 7.29. The highest BCUT2D eigenvalue weighted by Crippen LogP contribution is 2.18. The molecule has 1 heterocycles. The largest absolute Gasteiger partial charge is 0.332 e. The van der Waals surface area contributed by atoms with E-state index in [1.54, 1.807) is 17.0 Å². The Morgan fingerprint density at radius 3 is 2.90 bits per heavy atom. The third-order valence-corrected chi connectivity index (χ3v) is 3.90. The SMILES string of the molecule is NCc1ccc(NC(=O)CCN2CCSC2=O)cc1F. The molecule has 0 radical (unpaired) electrons. The normalized spacial score (nSPS) is 14.7. The number of nitrogens with two attached hydrogens (primary N) is 1. The third-order valence-electron chi connectivity index (χ3n) is 3.01. The van der Waals surface area contributed by atoms with Gasteiger partial charge in [-0.2, -0.15) is 0 Å². The maximum atomic E-state index is 13.5. The van der Waals surface area contributed by atoms with E-state index in [1.165, 1.54) is 17.8 Å². The summed E-state index contributed by atoms with van der Waals surface area (Å²) in [5, 5.41) is 2.62. The van der Waals surface area contributed by atoms with Crippen molar-refractivity contribution >= 4 is 28.6 Å². The molecule has 0 saturated carbocycles. The molecule has 3 N–H and O–H groups in total. The number of anilines is 1. The summed E-state index contributed by atoms with van der Waals surface area (Å²) >= 11 is 1.26. The van der Waals surface area contributed by atoms with Crippen LogP contribution in [0.3, 0.4) is 0 Å². The molecule has 0 unspecified atom stereocenters. The number of halogens is 1. The van der Waals surface area contributed by atoms with Crippen molar-refractivity contribution in [1.82, 2.24) is 4.90 Å². The molecule has 5 nitrogen and oxygen atoms in total. The molecular formula is C13H16FN3O2S. The Kier molecular flexibility index (Phi) is 4.97. The van der Waals surface area contributed by atoms with Gasteiger partial charge in [-0.05, 0) is 12.1 Å². The second-order valence-electron chi connectivity index (χ2n) is 4.41. The van der Waals surface area contributed by atoms with Crippen LogP contribution in [-0.2, 0) is 11.3 Å². The monoisotopic (exact) mass is 297 g/mol. The lowest BCUT2D eigenvalue weighted by molar-refractivity contribution is -0.116. The summed E-state index contributed by atoms with van der Waals surface area (Å²) in [5.41, 5.74) is 6.17. The molecule has 2 amide bonds. The van der Waals surface area contributed by atoms with E-state index in [-0.39, 0.29) is 24.1 Å². The van der Waals surface area contributed by atoms with Crippen LogP contribution in [0.25, 0.3) is 0 Å². The van der Waals surface area contributed by atoms with Crippen molar-refractivity contribution in [2.45, 2.75) is 13.0 Å². The van der Waals surface area contributed by atoms with E-state index in [2.05, 4.69) is 5.32 Å². The van der Waals surface area contributed by atoms with Crippen LogP contribution in [0, 0.1) is 5.82 Å². The standard InChI is InChI=1S/C13H16FN3O2S/c14-11-7-10(2-1-9(11)8-15)16-12(18)3-4-17-5-6-20-13(17)19/h1-2,7H,3-6,8,15H2,(H,16,18). The summed E-state index contributed by atoms with van der Waals surface area (Å²) < 4.78 is 13.5. The highest BCUT2D eigenvalue weighted by molar-refractivity contribution is 8.13. The van der Waals surface area contributed by atoms with Gasteiger partial charge in [-0.15, -0.1) is 0 Å². The van der Waals surface area contributed by atoms with E-state index in [0.29, 0.717) is 24.3 Å². The van der Waals surface area contributed by atoms with Gasteiger partial charge in [0.2, 0.25) is 5.91 Å². The molecule has 1 aromatic carbocycles.